The number of nitrogen functional groups attached to an aromatic ring is 1. The number of halogens is 1. The van der Waals surface area contributed by atoms with E-state index >= 15 is 0 Å². The highest BCUT2D eigenvalue weighted by molar-refractivity contribution is 9.10. The summed E-state index contributed by atoms with van der Waals surface area (Å²) < 4.78 is 33.4. The summed E-state index contributed by atoms with van der Waals surface area (Å²) in [6.07, 6.45) is 0. The molecule has 0 aliphatic heterocycles. The molecule has 0 fully saturated rings. The zero-order valence-corrected chi connectivity index (χ0v) is 14.0. The largest absolute Gasteiger partial charge is 0.495 e. The Kier molecular flexibility index (Phi) is 4.43. The van der Waals surface area contributed by atoms with Crippen LogP contribution in [0.15, 0.2) is 45.8 Å². The minimum absolute atomic E-state index is 0.0567. The monoisotopic (exact) mass is 370 g/mol. The Morgan fingerprint density at radius 2 is 1.95 bits per heavy atom. The Bertz CT molecular complexity index is 776. The smallest absolute Gasteiger partial charge is 0.265 e. The molecule has 2 rings (SSSR count). The van der Waals surface area contributed by atoms with E-state index in [9.17, 15) is 8.42 Å². The SMILES string of the molecule is COc1ccc(Br)cc1S(=O)(=O)Nc1cccc(N)c1C. The van der Waals surface area contributed by atoms with E-state index in [0.29, 0.717) is 21.4 Å². The molecule has 21 heavy (non-hydrogen) atoms. The molecule has 0 radical (unpaired) electrons. The number of hydrogen-bond acceptors (Lipinski definition) is 4. The van der Waals surface area contributed by atoms with Gasteiger partial charge in [-0.2, -0.15) is 0 Å². The van der Waals surface area contributed by atoms with Gasteiger partial charge in [0, 0.05) is 10.2 Å². The summed E-state index contributed by atoms with van der Waals surface area (Å²) >= 11 is 3.26. The van der Waals surface area contributed by atoms with Gasteiger partial charge in [-0.25, -0.2) is 8.42 Å². The highest BCUT2D eigenvalue weighted by Gasteiger charge is 2.21. The first-order valence-corrected chi connectivity index (χ1v) is 8.34. The number of hydrogen-bond donors (Lipinski definition) is 2. The second-order valence-electron chi connectivity index (χ2n) is 4.42. The standard InChI is InChI=1S/C14H15BrN2O3S/c1-9-11(16)4-3-5-12(9)17-21(18,19)14-8-10(15)6-7-13(14)20-2/h3-8,17H,16H2,1-2H3. The Morgan fingerprint density at radius 3 is 2.62 bits per heavy atom. The Balaban J connectivity index is 2.48. The van der Waals surface area contributed by atoms with Crippen LogP contribution in [-0.4, -0.2) is 15.5 Å². The second-order valence-corrected chi connectivity index (χ2v) is 6.99. The van der Waals surface area contributed by atoms with Gasteiger partial charge in [0.25, 0.3) is 10.0 Å². The van der Waals surface area contributed by atoms with Crippen LogP contribution in [0.25, 0.3) is 0 Å². The number of anilines is 2. The van der Waals surface area contributed by atoms with Gasteiger partial charge in [-0.05, 0) is 42.8 Å². The molecule has 0 amide bonds. The minimum atomic E-state index is -3.78. The lowest BCUT2D eigenvalue weighted by molar-refractivity contribution is 0.403. The van der Waals surface area contributed by atoms with Crippen LogP contribution >= 0.6 is 15.9 Å². The Labute approximate surface area is 132 Å². The molecule has 0 aromatic heterocycles. The van der Waals surface area contributed by atoms with Crippen molar-refractivity contribution < 1.29 is 13.2 Å². The van der Waals surface area contributed by atoms with Crippen molar-refractivity contribution in [3.05, 3.63) is 46.4 Å². The van der Waals surface area contributed by atoms with Gasteiger partial charge in [-0.3, -0.25) is 4.72 Å². The van der Waals surface area contributed by atoms with Crippen LogP contribution in [0.4, 0.5) is 11.4 Å². The molecule has 0 unspecified atom stereocenters. The van der Waals surface area contributed by atoms with Crippen LogP contribution in [0, 0.1) is 6.92 Å². The molecule has 0 spiro atoms. The number of sulfonamides is 1. The highest BCUT2D eigenvalue weighted by Crippen LogP contribution is 2.30. The predicted molar refractivity (Wildman–Crippen MR) is 87.1 cm³/mol. The van der Waals surface area contributed by atoms with E-state index in [1.807, 2.05) is 0 Å². The van der Waals surface area contributed by atoms with Crippen molar-refractivity contribution in [2.75, 3.05) is 17.6 Å². The Hall–Kier alpha value is -1.73. The molecule has 2 aromatic carbocycles. The molecule has 0 bridgehead atoms. The molecule has 112 valence electrons. The highest BCUT2D eigenvalue weighted by atomic mass is 79.9. The van der Waals surface area contributed by atoms with Gasteiger partial charge in [0.15, 0.2) is 0 Å². The summed E-state index contributed by atoms with van der Waals surface area (Å²) in [6, 6.07) is 9.86. The van der Waals surface area contributed by atoms with Gasteiger partial charge in [0.1, 0.15) is 10.6 Å². The lowest BCUT2D eigenvalue weighted by atomic mass is 10.2. The molecular formula is C14H15BrN2O3S. The molecule has 0 aliphatic carbocycles. The topological polar surface area (TPSA) is 81.4 Å². The molecular weight excluding hydrogens is 356 g/mol. The van der Waals surface area contributed by atoms with E-state index in [0.717, 1.165) is 0 Å². The number of benzene rings is 2. The molecule has 0 heterocycles. The van der Waals surface area contributed by atoms with Crippen LogP contribution in [0.1, 0.15) is 5.56 Å². The third-order valence-corrected chi connectivity index (χ3v) is 4.92. The first-order chi connectivity index (χ1) is 9.85. The average Bonchev–Trinajstić information content (AvgIpc) is 2.44. The third-order valence-electron chi connectivity index (χ3n) is 3.04. The number of nitrogens with one attached hydrogen (secondary N) is 1. The maximum Gasteiger partial charge on any atom is 0.265 e. The molecule has 0 aliphatic rings. The van der Waals surface area contributed by atoms with Gasteiger partial charge < -0.3 is 10.5 Å². The second kappa shape index (κ2) is 5.95. The van der Waals surface area contributed by atoms with Gasteiger partial charge in [-0.1, -0.05) is 22.0 Å². The van der Waals surface area contributed by atoms with E-state index in [4.69, 9.17) is 10.5 Å². The first kappa shape index (κ1) is 15.7. The van der Waals surface area contributed by atoms with Gasteiger partial charge in [-0.15, -0.1) is 0 Å². The van der Waals surface area contributed by atoms with Crippen molar-refractivity contribution in [3.8, 4) is 5.75 Å². The summed E-state index contributed by atoms with van der Waals surface area (Å²) in [5, 5.41) is 0. The normalized spacial score (nSPS) is 11.2. The van der Waals surface area contributed by atoms with Crippen molar-refractivity contribution in [1.29, 1.82) is 0 Å². The van der Waals surface area contributed by atoms with E-state index in [1.165, 1.54) is 13.2 Å². The van der Waals surface area contributed by atoms with Gasteiger partial charge >= 0.3 is 0 Å². The molecule has 2 aromatic rings. The van der Waals surface area contributed by atoms with Gasteiger partial charge in [0.2, 0.25) is 0 Å². The third kappa shape index (κ3) is 3.30. The molecule has 7 heteroatoms. The molecule has 0 saturated carbocycles. The van der Waals surface area contributed by atoms with Crippen LogP contribution in [0.5, 0.6) is 5.75 Å². The maximum absolute atomic E-state index is 12.5. The fraction of sp³-hybridized carbons (Fsp3) is 0.143. The maximum atomic E-state index is 12.5. The van der Waals surface area contributed by atoms with Crippen LogP contribution < -0.4 is 15.2 Å². The fourth-order valence-corrected chi connectivity index (χ4v) is 3.66. The predicted octanol–water partition coefficient (Wildman–Crippen LogP) is 3.15. The van der Waals surface area contributed by atoms with Crippen LogP contribution in [0.3, 0.4) is 0 Å². The zero-order valence-electron chi connectivity index (χ0n) is 11.6. The number of nitrogens with two attached hydrogens (primary N) is 1. The van der Waals surface area contributed by atoms with Crippen molar-refractivity contribution in [2.24, 2.45) is 0 Å². The molecule has 5 nitrogen and oxygen atoms in total. The summed E-state index contributed by atoms with van der Waals surface area (Å²) in [5.41, 5.74) is 7.43. The zero-order chi connectivity index (χ0) is 15.6. The summed E-state index contributed by atoms with van der Waals surface area (Å²) in [7, 11) is -2.35. The Morgan fingerprint density at radius 1 is 1.24 bits per heavy atom. The summed E-state index contributed by atoms with van der Waals surface area (Å²) in [4.78, 5) is 0.0567. The number of ether oxygens (including phenoxy) is 1. The average molecular weight is 371 g/mol. The summed E-state index contributed by atoms with van der Waals surface area (Å²) in [6.45, 7) is 1.76. The van der Waals surface area contributed by atoms with E-state index in [2.05, 4.69) is 20.7 Å². The van der Waals surface area contributed by atoms with Crippen molar-refractivity contribution >= 4 is 37.3 Å². The van der Waals surface area contributed by atoms with E-state index < -0.39 is 10.0 Å². The lowest BCUT2D eigenvalue weighted by Gasteiger charge is -2.14. The van der Waals surface area contributed by atoms with E-state index in [1.54, 1.807) is 37.3 Å². The number of methoxy groups -OCH3 is 1. The van der Waals surface area contributed by atoms with Crippen LogP contribution in [0.2, 0.25) is 0 Å². The van der Waals surface area contributed by atoms with Crippen molar-refractivity contribution in [1.82, 2.24) is 0 Å². The molecule has 0 atom stereocenters. The van der Waals surface area contributed by atoms with E-state index in [-0.39, 0.29) is 10.6 Å². The molecule has 0 saturated heterocycles. The van der Waals surface area contributed by atoms with Gasteiger partial charge in [0.05, 0.1) is 12.8 Å². The fourth-order valence-electron chi connectivity index (χ4n) is 1.82. The van der Waals surface area contributed by atoms with Crippen LogP contribution in [-0.2, 0) is 10.0 Å². The lowest BCUT2D eigenvalue weighted by Crippen LogP contribution is -2.15. The summed E-state index contributed by atoms with van der Waals surface area (Å²) in [5.74, 6) is 0.271. The van der Waals surface area contributed by atoms with Crippen molar-refractivity contribution in [3.63, 3.8) is 0 Å². The molecule has 3 N–H and O–H groups in total. The van der Waals surface area contributed by atoms with Crippen molar-refractivity contribution in [2.45, 2.75) is 11.8 Å². The quantitative estimate of drug-likeness (QED) is 0.809. The number of rotatable bonds is 4. The first-order valence-electron chi connectivity index (χ1n) is 6.06. The minimum Gasteiger partial charge on any atom is -0.495 e.